The normalized spacial score (nSPS) is 11.5. The molecular weight excluding hydrogens is 304 g/mol. The fraction of sp³-hybridized carbons (Fsp3) is 0.250. The first-order valence-corrected chi connectivity index (χ1v) is 8.51. The lowest BCUT2D eigenvalue weighted by Gasteiger charge is -2.06. The topological polar surface area (TPSA) is 59.1 Å². The number of alkyl halides is 1. The van der Waals surface area contributed by atoms with Crippen LogP contribution < -0.4 is 4.72 Å². The number of anilines is 1. The van der Waals surface area contributed by atoms with E-state index in [0.29, 0.717) is 11.0 Å². The van der Waals surface area contributed by atoms with Crippen molar-refractivity contribution in [1.82, 2.24) is 4.98 Å². The Morgan fingerprint density at radius 3 is 2.53 bits per heavy atom. The van der Waals surface area contributed by atoms with E-state index < -0.39 is 10.0 Å². The molecular formula is C12H13ClN2O2S2. The smallest absolute Gasteiger partial charge is 0.255 e. The first-order chi connectivity index (χ1) is 9.01. The highest BCUT2D eigenvalue weighted by Gasteiger charge is 2.15. The molecule has 0 aliphatic heterocycles. The first-order valence-electron chi connectivity index (χ1n) is 5.61. The third kappa shape index (κ3) is 3.68. The van der Waals surface area contributed by atoms with Gasteiger partial charge in [0, 0.05) is 11.3 Å². The maximum absolute atomic E-state index is 12.1. The molecule has 2 rings (SSSR count). The van der Waals surface area contributed by atoms with Crippen LogP contribution in [0, 0.1) is 6.92 Å². The molecule has 0 unspecified atom stereocenters. The maximum atomic E-state index is 12.1. The van der Waals surface area contributed by atoms with Crippen molar-refractivity contribution < 1.29 is 8.42 Å². The number of thiazole rings is 1. The second-order valence-electron chi connectivity index (χ2n) is 3.98. The second-order valence-corrected chi connectivity index (χ2v) is 6.90. The number of hydrogen-bond acceptors (Lipinski definition) is 4. The zero-order valence-electron chi connectivity index (χ0n) is 10.3. The Balaban J connectivity index is 2.19. The fourth-order valence-electron chi connectivity index (χ4n) is 1.52. The fourth-order valence-corrected chi connectivity index (χ4v) is 3.68. The highest BCUT2D eigenvalue weighted by atomic mass is 35.5. The van der Waals surface area contributed by atoms with E-state index in [1.54, 1.807) is 29.6 Å². The van der Waals surface area contributed by atoms with E-state index in [-0.39, 0.29) is 4.90 Å². The van der Waals surface area contributed by atoms with Crippen molar-refractivity contribution in [3.63, 3.8) is 0 Å². The van der Waals surface area contributed by atoms with Crippen molar-refractivity contribution in [3.05, 3.63) is 40.9 Å². The van der Waals surface area contributed by atoms with Crippen molar-refractivity contribution in [3.8, 4) is 0 Å². The zero-order valence-corrected chi connectivity index (χ0v) is 12.6. The predicted molar refractivity (Wildman–Crippen MR) is 78.5 cm³/mol. The van der Waals surface area contributed by atoms with Gasteiger partial charge in [0.05, 0.1) is 10.6 Å². The molecule has 0 atom stereocenters. The van der Waals surface area contributed by atoms with E-state index >= 15 is 0 Å². The van der Waals surface area contributed by atoms with Crippen LogP contribution in [0.25, 0.3) is 0 Å². The van der Waals surface area contributed by atoms with Crippen LogP contribution in [0.15, 0.2) is 34.5 Å². The highest BCUT2D eigenvalue weighted by Crippen LogP contribution is 2.20. The molecule has 7 heteroatoms. The minimum atomic E-state index is -3.57. The van der Waals surface area contributed by atoms with Gasteiger partial charge in [0.25, 0.3) is 10.0 Å². The summed E-state index contributed by atoms with van der Waals surface area (Å²) in [6, 6.07) is 6.68. The van der Waals surface area contributed by atoms with Gasteiger partial charge in [0.2, 0.25) is 0 Å². The summed E-state index contributed by atoms with van der Waals surface area (Å²) in [5.74, 6) is 0.517. The van der Waals surface area contributed by atoms with Crippen LogP contribution >= 0.6 is 22.9 Å². The standard InChI is InChI=1S/C12H13ClN2O2S2/c1-9-8-18-12(14-9)15-19(16,17)11-4-2-10(3-5-11)6-7-13/h2-5,8H,6-7H2,1H3,(H,14,15). The van der Waals surface area contributed by atoms with Gasteiger partial charge in [-0.05, 0) is 31.0 Å². The van der Waals surface area contributed by atoms with Gasteiger partial charge in [-0.1, -0.05) is 12.1 Å². The Bertz CT molecular complexity index is 651. The van der Waals surface area contributed by atoms with E-state index in [1.807, 2.05) is 6.92 Å². The number of nitrogens with one attached hydrogen (secondary N) is 1. The van der Waals surface area contributed by atoms with Crippen LogP contribution in [0.2, 0.25) is 0 Å². The number of aryl methyl sites for hydroxylation is 2. The summed E-state index contributed by atoms with van der Waals surface area (Å²) in [5, 5.41) is 2.17. The van der Waals surface area contributed by atoms with Gasteiger partial charge in [0.15, 0.2) is 5.13 Å². The van der Waals surface area contributed by atoms with Crippen molar-refractivity contribution >= 4 is 38.1 Å². The number of halogens is 1. The summed E-state index contributed by atoms with van der Waals surface area (Å²) < 4.78 is 26.7. The molecule has 0 spiro atoms. The van der Waals surface area contributed by atoms with Gasteiger partial charge >= 0.3 is 0 Å². The third-order valence-corrected chi connectivity index (χ3v) is 5.01. The number of rotatable bonds is 5. The van der Waals surface area contributed by atoms with Gasteiger partial charge in [0.1, 0.15) is 0 Å². The van der Waals surface area contributed by atoms with Gasteiger partial charge in [-0.25, -0.2) is 13.4 Å². The largest absolute Gasteiger partial charge is 0.263 e. The molecule has 0 amide bonds. The van der Waals surface area contributed by atoms with Crippen LogP contribution in [0.1, 0.15) is 11.3 Å². The second kappa shape index (κ2) is 5.90. The van der Waals surface area contributed by atoms with E-state index in [1.165, 1.54) is 11.3 Å². The SMILES string of the molecule is Cc1csc(NS(=O)(=O)c2ccc(CCCl)cc2)n1. The van der Waals surface area contributed by atoms with Gasteiger partial charge in [-0.2, -0.15) is 0 Å². The molecule has 0 saturated heterocycles. The Labute approximate surface area is 121 Å². The van der Waals surface area contributed by atoms with Crippen molar-refractivity contribution in [2.75, 3.05) is 10.6 Å². The summed E-state index contributed by atoms with van der Waals surface area (Å²) in [4.78, 5) is 4.30. The van der Waals surface area contributed by atoms with Gasteiger partial charge in [-0.3, -0.25) is 4.72 Å². The van der Waals surface area contributed by atoms with E-state index in [0.717, 1.165) is 17.7 Å². The number of nitrogens with zero attached hydrogens (tertiary/aromatic N) is 1. The summed E-state index contributed by atoms with van der Waals surface area (Å²) in [5.41, 5.74) is 1.80. The van der Waals surface area contributed by atoms with Crippen molar-refractivity contribution in [2.24, 2.45) is 0 Å². The molecule has 102 valence electrons. The average molecular weight is 317 g/mol. The molecule has 0 fully saturated rings. The van der Waals surface area contributed by atoms with Crippen LogP contribution in [0.5, 0.6) is 0 Å². The summed E-state index contributed by atoms with van der Waals surface area (Å²) in [7, 11) is -3.57. The molecule has 2 aromatic rings. The zero-order chi connectivity index (χ0) is 13.9. The molecule has 1 N–H and O–H groups in total. The maximum Gasteiger partial charge on any atom is 0.263 e. The third-order valence-electron chi connectivity index (χ3n) is 2.46. The molecule has 4 nitrogen and oxygen atoms in total. The van der Waals surface area contributed by atoms with E-state index in [9.17, 15) is 8.42 Å². The molecule has 0 radical (unpaired) electrons. The summed E-state index contributed by atoms with van der Waals surface area (Å²) in [6.07, 6.45) is 0.723. The van der Waals surface area contributed by atoms with Crippen molar-refractivity contribution in [2.45, 2.75) is 18.2 Å². The van der Waals surface area contributed by atoms with Crippen LogP contribution in [-0.4, -0.2) is 19.3 Å². The number of benzene rings is 1. The van der Waals surface area contributed by atoms with E-state index in [2.05, 4.69) is 9.71 Å². The number of hydrogen-bond donors (Lipinski definition) is 1. The minimum absolute atomic E-state index is 0.221. The van der Waals surface area contributed by atoms with E-state index in [4.69, 9.17) is 11.6 Å². The lowest BCUT2D eigenvalue weighted by molar-refractivity contribution is 0.601. The monoisotopic (exact) mass is 316 g/mol. The van der Waals surface area contributed by atoms with Gasteiger partial charge in [-0.15, -0.1) is 22.9 Å². The lowest BCUT2D eigenvalue weighted by Crippen LogP contribution is -2.12. The molecule has 1 aromatic heterocycles. The number of aromatic nitrogens is 1. The Hall–Kier alpha value is -1.11. The van der Waals surface area contributed by atoms with Crippen LogP contribution in [0.3, 0.4) is 0 Å². The predicted octanol–water partition coefficient (Wildman–Crippen LogP) is 3.03. The lowest BCUT2D eigenvalue weighted by atomic mass is 10.2. The molecule has 19 heavy (non-hydrogen) atoms. The Kier molecular flexibility index (Phi) is 4.44. The average Bonchev–Trinajstić information content (AvgIpc) is 2.75. The van der Waals surface area contributed by atoms with Crippen molar-refractivity contribution in [1.29, 1.82) is 0 Å². The highest BCUT2D eigenvalue weighted by molar-refractivity contribution is 7.93. The molecule has 0 bridgehead atoms. The Morgan fingerprint density at radius 2 is 2.00 bits per heavy atom. The number of sulfonamides is 1. The summed E-state index contributed by atoms with van der Waals surface area (Å²) in [6.45, 7) is 1.81. The molecule has 0 saturated carbocycles. The van der Waals surface area contributed by atoms with Crippen LogP contribution in [-0.2, 0) is 16.4 Å². The minimum Gasteiger partial charge on any atom is -0.255 e. The molecule has 1 aromatic carbocycles. The molecule has 0 aliphatic carbocycles. The van der Waals surface area contributed by atoms with Crippen LogP contribution in [0.4, 0.5) is 5.13 Å². The Morgan fingerprint density at radius 1 is 1.32 bits per heavy atom. The van der Waals surface area contributed by atoms with Gasteiger partial charge < -0.3 is 0 Å². The quantitative estimate of drug-likeness (QED) is 0.863. The molecule has 1 heterocycles. The molecule has 0 aliphatic rings. The first kappa shape index (κ1) is 14.3. The summed E-state index contributed by atoms with van der Waals surface area (Å²) >= 11 is 6.90.